The van der Waals surface area contributed by atoms with Gasteiger partial charge in [0.05, 0.1) is 11.1 Å². The molecule has 208 valence electrons. The molecule has 3 atom stereocenters. The summed E-state index contributed by atoms with van der Waals surface area (Å²) < 4.78 is 32.2. The summed E-state index contributed by atoms with van der Waals surface area (Å²) in [5, 5.41) is 9.96. The predicted octanol–water partition coefficient (Wildman–Crippen LogP) is 4.92. The molecule has 2 bridgehead atoms. The number of aromatic nitrogens is 1. The molecule has 1 aromatic heterocycles. The number of likely N-dealkylation sites (N-methyl/N-ethyl adjacent to an activating group) is 1. The van der Waals surface area contributed by atoms with Crippen LogP contribution in [0.4, 0.5) is 8.78 Å². The Labute approximate surface area is 236 Å². The van der Waals surface area contributed by atoms with E-state index < -0.39 is 11.6 Å². The van der Waals surface area contributed by atoms with Crippen molar-refractivity contribution in [3.8, 4) is 28.3 Å². The van der Waals surface area contributed by atoms with E-state index in [0.29, 0.717) is 27.8 Å². The van der Waals surface area contributed by atoms with Crippen molar-refractivity contribution in [3.63, 3.8) is 0 Å². The van der Waals surface area contributed by atoms with E-state index in [9.17, 15) is 19.2 Å². The van der Waals surface area contributed by atoms with E-state index in [2.05, 4.69) is 0 Å². The van der Waals surface area contributed by atoms with Crippen molar-refractivity contribution in [1.82, 2.24) is 14.4 Å². The number of hydrogen-bond acceptors (Lipinski definition) is 4. The van der Waals surface area contributed by atoms with Crippen molar-refractivity contribution >= 4 is 22.7 Å². The average molecular weight is 554 g/mol. The maximum absolute atomic E-state index is 15.8. The minimum Gasteiger partial charge on any atom is -0.347 e. The van der Waals surface area contributed by atoms with Gasteiger partial charge in [0, 0.05) is 54.9 Å². The Balaban J connectivity index is 1.46. The zero-order chi connectivity index (χ0) is 29.0. The van der Waals surface area contributed by atoms with Gasteiger partial charge in [0.15, 0.2) is 0 Å². The molecule has 3 aromatic carbocycles. The van der Waals surface area contributed by atoms with Crippen LogP contribution in [-0.4, -0.2) is 58.4 Å². The van der Waals surface area contributed by atoms with Gasteiger partial charge in [-0.2, -0.15) is 5.26 Å². The van der Waals surface area contributed by atoms with Crippen LogP contribution in [0.5, 0.6) is 0 Å². The number of nitrogens with two attached hydrogens (primary N) is 1. The lowest BCUT2D eigenvalue weighted by Crippen LogP contribution is -2.40. The van der Waals surface area contributed by atoms with Crippen LogP contribution >= 0.6 is 0 Å². The van der Waals surface area contributed by atoms with Crippen LogP contribution in [0.15, 0.2) is 60.8 Å². The molecule has 41 heavy (non-hydrogen) atoms. The van der Waals surface area contributed by atoms with Crippen LogP contribution in [0.1, 0.15) is 35.2 Å². The Morgan fingerprint density at radius 3 is 2.46 bits per heavy atom. The SMILES string of the molecule is CN(C)C(=O)Cn1ccc2cc(-c3ccc(C(=O)N4[C@@H]5CC[C@H]4[C@@H](N)C5)cc3-c3ccc(C#N)c(F)c3)c(F)cc21. The number of benzene rings is 3. The quantitative estimate of drug-likeness (QED) is 0.380. The molecule has 3 heterocycles. The number of carbonyl (C=O) groups excluding carboxylic acids is 2. The number of nitrogens with zero attached hydrogens (tertiary/aromatic N) is 4. The molecule has 0 radical (unpaired) electrons. The number of carbonyl (C=O) groups is 2. The van der Waals surface area contributed by atoms with Crippen LogP contribution in [0, 0.1) is 23.0 Å². The van der Waals surface area contributed by atoms with Crippen molar-refractivity contribution < 1.29 is 18.4 Å². The maximum Gasteiger partial charge on any atom is 0.254 e. The van der Waals surface area contributed by atoms with Crippen molar-refractivity contribution in [2.45, 2.75) is 43.9 Å². The molecule has 0 unspecified atom stereocenters. The van der Waals surface area contributed by atoms with Gasteiger partial charge in [0.1, 0.15) is 24.2 Å². The largest absolute Gasteiger partial charge is 0.347 e. The Bertz CT molecular complexity index is 1760. The second-order valence-corrected chi connectivity index (χ2v) is 11.1. The molecule has 2 fully saturated rings. The Kier molecular flexibility index (Phi) is 6.59. The topological polar surface area (TPSA) is 95.4 Å². The minimum absolute atomic E-state index is 0.00810. The molecule has 9 heteroatoms. The Morgan fingerprint density at radius 1 is 1.00 bits per heavy atom. The van der Waals surface area contributed by atoms with E-state index >= 15 is 4.39 Å². The third kappa shape index (κ3) is 4.54. The molecular weight excluding hydrogens is 524 g/mol. The first-order chi connectivity index (χ1) is 19.7. The molecular formula is C32H29F2N5O2. The van der Waals surface area contributed by atoms with Gasteiger partial charge in [-0.3, -0.25) is 9.59 Å². The molecule has 7 nitrogen and oxygen atoms in total. The van der Waals surface area contributed by atoms with Gasteiger partial charge in [-0.15, -0.1) is 0 Å². The lowest BCUT2D eigenvalue weighted by atomic mass is 9.91. The fourth-order valence-corrected chi connectivity index (χ4v) is 6.27. The highest BCUT2D eigenvalue weighted by molar-refractivity contribution is 5.99. The van der Waals surface area contributed by atoms with Crippen LogP contribution in [-0.2, 0) is 11.3 Å². The highest BCUT2D eigenvalue weighted by Gasteiger charge is 2.47. The summed E-state index contributed by atoms with van der Waals surface area (Å²) in [6.45, 7) is 0.0734. The summed E-state index contributed by atoms with van der Waals surface area (Å²) >= 11 is 0. The molecule has 2 saturated heterocycles. The number of hydrogen-bond donors (Lipinski definition) is 1. The second-order valence-electron chi connectivity index (χ2n) is 11.1. The summed E-state index contributed by atoms with van der Waals surface area (Å²) in [5.41, 5.74) is 8.78. The third-order valence-electron chi connectivity index (χ3n) is 8.44. The zero-order valence-corrected chi connectivity index (χ0v) is 22.8. The van der Waals surface area contributed by atoms with E-state index in [1.165, 1.54) is 23.1 Å². The minimum atomic E-state index is -0.699. The predicted molar refractivity (Wildman–Crippen MR) is 152 cm³/mol. The average Bonchev–Trinajstić information content (AvgIpc) is 3.64. The smallest absolute Gasteiger partial charge is 0.254 e. The molecule has 4 aromatic rings. The molecule has 0 saturated carbocycles. The van der Waals surface area contributed by atoms with Crippen LogP contribution in [0.25, 0.3) is 33.2 Å². The fraction of sp³-hybridized carbons (Fsp3) is 0.281. The van der Waals surface area contributed by atoms with Crippen molar-refractivity contribution in [2.24, 2.45) is 5.73 Å². The van der Waals surface area contributed by atoms with Gasteiger partial charge in [-0.05, 0) is 78.4 Å². The van der Waals surface area contributed by atoms with Crippen molar-refractivity contribution in [2.75, 3.05) is 14.1 Å². The van der Waals surface area contributed by atoms with Crippen LogP contribution in [0.3, 0.4) is 0 Å². The highest BCUT2D eigenvalue weighted by Crippen LogP contribution is 2.40. The highest BCUT2D eigenvalue weighted by atomic mass is 19.1. The third-order valence-corrected chi connectivity index (χ3v) is 8.44. The second kappa shape index (κ2) is 10.1. The molecule has 0 aliphatic carbocycles. The van der Waals surface area contributed by atoms with Gasteiger partial charge in [-0.1, -0.05) is 12.1 Å². The number of amides is 2. The zero-order valence-electron chi connectivity index (χ0n) is 22.8. The van der Waals surface area contributed by atoms with E-state index in [-0.39, 0.29) is 47.6 Å². The monoisotopic (exact) mass is 553 g/mol. The first-order valence-electron chi connectivity index (χ1n) is 13.6. The molecule has 6 rings (SSSR count). The fourth-order valence-electron chi connectivity index (χ4n) is 6.27. The normalized spacial score (nSPS) is 19.5. The van der Waals surface area contributed by atoms with Gasteiger partial charge < -0.3 is 20.1 Å². The number of halogens is 2. The lowest BCUT2D eigenvalue weighted by molar-refractivity contribution is -0.129. The van der Waals surface area contributed by atoms with Crippen molar-refractivity contribution in [3.05, 3.63) is 83.6 Å². The molecule has 2 N–H and O–H groups in total. The number of fused-ring (bicyclic) bond motifs is 3. The van der Waals surface area contributed by atoms with Gasteiger partial charge in [0.2, 0.25) is 5.91 Å². The van der Waals surface area contributed by atoms with Gasteiger partial charge in [-0.25, -0.2) is 8.78 Å². The van der Waals surface area contributed by atoms with Crippen molar-refractivity contribution in [1.29, 1.82) is 5.26 Å². The number of nitriles is 1. The lowest BCUT2D eigenvalue weighted by Gasteiger charge is -2.24. The molecule has 2 aliphatic heterocycles. The van der Waals surface area contributed by atoms with E-state index in [0.717, 1.165) is 24.6 Å². The summed E-state index contributed by atoms with van der Waals surface area (Å²) in [5.74, 6) is -1.49. The molecule has 0 spiro atoms. The summed E-state index contributed by atoms with van der Waals surface area (Å²) in [6.07, 6.45) is 4.30. The Hall–Kier alpha value is -4.55. The van der Waals surface area contributed by atoms with Gasteiger partial charge >= 0.3 is 0 Å². The summed E-state index contributed by atoms with van der Waals surface area (Å²) in [7, 11) is 3.33. The summed E-state index contributed by atoms with van der Waals surface area (Å²) in [4.78, 5) is 29.3. The van der Waals surface area contributed by atoms with Gasteiger partial charge in [0.25, 0.3) is 5.91 Å². The first kappa shape index (κ1) is 26.7. The molecule has 2 amide bonds. The Morgan fingerprint density at radius 2 is 1.80 bits per heavy atom. The van der Waals surface area contributed by atoms with Crippen LogP contribution < -0.4 is 5.73 Å². The van der Waals surface area contributed by atoms with E-state index in [1.54, 1.807) is 55.2 Å². The number of rotatable bonds is 5. The summed E-state index contributed by atoms with van der Waals surface area (Å²) in [6, 6.07) is 16.0. The standard InChI is InChI=1S/C32H29F2N5O2/c1-37(2)31(40)17-38-10-9-19-11-25(27(34)15-30(19)38)23-7-5-20(32(41)39-22-6-8-29(39)28(36)14-22)12-24(23)18-3-4-21(16-35)26(33)13-18/h3-5,7,9-13,15,22,28-29H,6,8,14,17,36H2,1-2H3/t22-,28+,29+/m1/s1. The molecule has 2 aliphatic rings. The first-order valence-corrected chi connectivity index (χ1v) is 13.6. The van der Waals surface area contributed by atoms with Crippen LogP contribution in [0.2, 0.25) is 0 Å². The maximum atomic E-state index is 15.8. The van der Waals surface area contributed by atoms with E-state index in [1.807, 2.05) is 17.0 Å². The van der Waals surface area contributed by atoms with E-state index in [4.69, 9.17) is 5.73 Å².